The number of benzene rings is 1. The van der Waals surface area contributed by atoms with Gasteiger partial charge in [-0.3, -0.25) is 9.69 Å². The molecule has 0 aromatic heterocycles. The van der Waals surface area contributed by atoms with Crippen LogP contribution < -0.4 is 5.73 Å². The zero-order chi connectivity index (χ0) is 13.8. The van der Waals surface area contributed by atoms with Gasteiger partial charge in [-0.05, 0) is 18.1 Å². The van der Waals surface area contributed by atoms with E-state index < -0.39 is 0 Å². The Kier molecular flexibility index (Phi) is 4.50. The molecule has 0 saturated carbocycles. The van der Waals surface area contributed by atoms with Crippen LogP contribution in [0.4, 0.5) is 0 Å². The SMILES string of the molecule is CN1CCCN(Cc2cccc(C(N)=S)c2)CC1=O. The van der Waals surface area contributed by atoms with Crippen molar-refractivity contribution in [3.8, 4) is 0 Å². The predicted molar refractivity (Wildman–Crippen MR) is 79.9 cm³/mol. The van der Waals surface area contributed by atoms with E-state index in [-0.39, 0.29) is 5.91 Å². The average Bonchev–Trinajstić information content (AvgIpc) is 2.52. The van der Waals surface area contributed by atoms with Crippen LogP contribution in [0.1, 0.15) is 17.5 Å². The first-order valence-corrected chi connectivity index (χ1v) is 6.82. The quantitative estimate of drug-likeness (QED) is 0.837. The minimum absolute atomic E-state index is 0.183. The fraction of sp³-hybridized carbons (Fsp3) is 0.429. The van der Waals surface area contributed by atoms with Crippen LogP contribution in [0.15, 0.2) is 24.3 Å². The summed E-state index contributed by atoms with van der Waals surface area (Å²) in [5.41, 5.74) is 7.66. The van der Waals surface area contributed by atoms with Crippen molar-refractivity contribution >= 4 is 23.1 Å². The molecule has 1 aromatic rings. The monoisotopic (exact) mass is 277 g/mol. The van der Waals surface area contributed by atoms with Crippen molar-refractivity contribution in [2.75, 3.05) is 26.7 Å². The summed E-state index contributed by atoms with van der Waals surface area (Å²) >= 11 is 4.99. The Bertz CT molecular complexity index is 489. The van der Waals surface area contributed by atoms with Crippen molar-refractivity contribution in [1.29, 1.82) is 0 Å². The zero-order valence-corrected chi connectivity index (χ0v) is 11.9. The lowest BCUT2D eigenvalue weighted by Gasteiger charge is -2.19. The van der Waals surface area contributed by atoms with Gasteiger partial charge in [-0.2, -0.15) is 0 Å². The molecule has 0 aliphatic carbocycles. The maximum absolute atomic E-state index is 11.8. The van der Waals surface area contributed by atoms with Crippen LogP contribution in [0.25, 0.3) is 0 Å². The molecule has 5 heteroatoms. The Hall–Kier alpha value is -1.46. The van der Waals surface area contributed by atoms with Crippen molar-refractivity contribution < 1.29 is 4.79 Å². The van der Waals surface area contributed by atoms with Gasteiger partial charge >= 0.3 is 0 Å². The first-order chi connectivity index (χ1) is 9.06. The number of amides is 1. The number of carbonyl (C=O) groups excluding carboxylic acids is 1. The maximum Gasteiger partial charge on any atom is 0.236 e. The number of hydrogen-bond donors (Lipinski definition) is 1. The smallest absolute Gasteiger partial charge is 0.236 e. The second-order valence-electron chi connectivity index (χ2n) is 4.94. The van der Waals surface area contributed by atoms with E-state index in [1.807, 2.05) is 31.3 Å². The van der Waals surface area contributed by atoms with E-state index >= 15 is 0 Å². The molecule has 102 valence electrons. The molecule has 1 saturated heterocycles. The van der Waals surface area contributed by atoms with Crippen LogP contribution in [0, 0.1) is 0 Å². The Morgan fingerprint density at radius 3 is 2.95 bits per heavy atom. The van der Waals surface area contributed by atoms with Crippen LogP contribution in [-0.2, 0) is 11.3 Å². The second-order valence-corrected chi connectivity index (χ2v) is 5.38. The molecule has 1 aromatic carbocycles. The molecule has 4 nitrogen and oxygen atoms in total. The lowest BCUT2D eigenvalue weighted by molar-refractivity contribution is -0.129. The van der Waals surface area contributed by atoms with Gasteiger partial charge < -0.3 is 10.6 Å². The lowest BCUT2D eigenvalue weighted by atomic mass is 10.1. The molecule has 0 atom stereocenters. The molecular weight excluding hydrogens is 258 g/mol. The molecule has 2 rings (SSSR count). The number of nitrogens with two attached hydrogens (primary N) is 1. The third-order valence-corrected chi connectivity index (χ3v) is 3.61. The van der Waals surface area contributed by atoms with E-state index in [0.717, 1.165) is 37.2 Å². The number of carbonyl (C=O) groups is 1. The molecule has 1 aliphatic rings. The lowest BCUT2D eigenvalue weighted by Crippen LogP contribution is -2.34. The van der Waals surface area contributed by atoms with Crippen LogP contribution in [0.2, 0.25) is 0 Å². The van der Waals surface area contributed by atoms with Crippen LogP contribution >= 0.6 is 12.2 Å². The number of rotatable bonds is 3. The molecule has 0 radical (unpaired) electrons. The van der Waals surface area contributed by atoms with E-state index in [0.29, 0.717) is 11.5 Å². The Labute approximate surface area is 119 Å². The van der Waals surface area contributed by atoms with Gasteiger partial charge in [0, 0.05) is 32.2 Å². The minimum atomic E-state index is 0.183. The van der Waals surface area contributed by atoms with Crippen molar-refractivity contribution in [3.63, 3.8) is 0 Å². The van der Waals surface area contributed by atoms with Gasteiger partial charge in [0.2, 0.25) is 5.91 Å². The molecule has 1 heterocycles. The van der Waals surface area contributed by atoms with E-state index in [9.17, 15) is 4.79 Å². The standard InChI is InChI=1S/C14H19N3OS/c1-16-6-3-7-17(10-13(16)18)9-11-4-2-5-12(8-11)14(15)19/h2,4-5,8H,3,6-7,9-10H2,1H3,(H2,15,19). The van der Waals surface area contributed by atoms with Crippen molar-refractivity contribution in [1.82, 2.24) is 9.80 Å². The second kappa shape index (κ2) is 6.12. The molecule has 1 aliphatic heterocycles. The van der Waals surface area contributed by atoms with Gasteiger partial charge in [-0.15, -0.1) is 0 Å². The topological polar surface area (TPSA) is 49.6 Å². The third kappa shape index (κ3) is 3.75. The van der Waals surface area contributed by atoms with Gasteiger partial charge in [0.25, 0.3) is 0 Å². The summed E-state index contributed by atoms with van der Waals surface area (Å²) in [7, 11) is 1.86. The maximum atomic E-state index is 11.8. The summed E-state index contributed by atoms with van der Waals surface area (Å²) in [5.74, 6) is 0.183. The third-order valence-electron chi connectivity index (χ3n) is 3.37. The van der Waals surface area contributed by atoms with Crippen LogP contribution in [0.3, 0.4) is 0 Å². The number of likely N-dealkylation sites (N-methyl/N-ethyl adjacent to an activating group) is 1. The van der Waals surface area contributed by atoms with Crippen molar-refractivity contribution in [3.05, 3.63) is 35.4 Å². The van der Waals surface area contributed by atoms with Crippen LogP contribution in [-0.4, -0.2) is 47.4 Å². The molecule has 0 unspecified atom stereocenters. The number of nitrogens with zero attached hydrogens (tertiary/aromatic N) is 2. The van der Waals surface area contributed by atoms with Crippen molar-refractivity contribution in [2.24, 2.45) is 5.73 Å². The molecule has 19 heavy (non-hydrogen) atoms. The first kappa shape index (κ1) is 14.0. The molecule has 1 amide bonds. The fourth-order valence-corrected chi connectivity index (χ4v) is 2.39. The molecule has 0 bridgehead atoms. The van der Waals surface area contributed by atoms with Gasteiger partial charge in [-0.25, -0.2) is 0 Å². The average molecular weight is 277 g/mol. The highest BCUT2D eigenvalue weighted by atomic mass is 32.1. The summed E-state index contributed by atoms with van der Waals surface area (Å²) in [5, 5.41) is 0. The first-order valence-electron chi connectivity index (χ1n) is 6.41. The molecule has 1 fully saturated rings. The summed E-state index contributed by atoms with van der Waals surface area (Å²) in [4.78, 5) is 16.2. The highest BCUT2D eigenvalue weighted by molar-refractivity contribution is 7.80. The van der Waals surface area contributed by atoms with Crippen molar-refractivity contribution in [2.45, 2.75) is 13.0 Å². The summed E-state index contributed by atoms with van der Waals surface area (Å²) in [6, 6.07) is 7.91. The highest BCUT2D eigenvalue weighted by Crippen LogP contribution is 2.11. The largest absolute Gasteiger partial charge is 0.389 e. The summed E-state index contributed by atoms with van der Waals surface area (Å²) < 4.78 is 0. The Balaban J connectivity index is 2.06. The predicted octanol–water partition coefficient (Wildman–Crippen LogP) is 0.985. The van der Waals surface area contributed by atoms with E-state index in [1.54, 1.807) is 4.90 Å². The van der Waals surface area contributed by atoms with Gasteiger partial charge in [0.05, 0.1) is 6.54 Å². The van der Waals surface area contributed by atoms with Gasteiger partial charge in [-0.1, -0.05) is 30.4 Å². The minimum Gasteiger partial charge on any atom is -0.389 e. The van der Waals surface area contributed by atoms with Gasteiger partial charge in [0.1, 0.15) is 4.99 Å². The zero-order valence-electron chi connectivity index (χ0n) is 11.1. The number of hydrogen-bond acceptors (Lipinski definition) is 3. The highest BCUT2D eigenvalue weighted by Gasteiger charge is 2.18. The van der Waals surface area contributed by atoms with E-state index in [4.69, 9.17) is 18.0 Å². The van der Waals surface area contributed by atoms with Crippen LogP contribution in [0.5, 0.6) is 0 Å². The van der Waals surface area contributed by atoms with Gasteiger partial charge in [0.15, 0.2) is 0 Å². The Morgan fingerprint density at radius 1 is 1.42 bits per heavy atom. The Morgan fingerprint density at radius 2 is 2.21 bits per heavy atom. The summed E-state index contributed by atoms with van der Waals surface area (Å²) in [6.45, 7) is 3.01. The molecule has 2 N–H and O–H groups in total. The van der Waals surface area contributed by atoms with E-state index in [1.165, 1.54) is 0 Å². The normalized spacial score (nSPS) is 17.3. The number of thiocarbonyl (C=S) groups is 1. The molecular formula is C14H19N3OS. The van der Waals surface area contributed by atoms with E-state index in [2.05, 4.69) is 4.90 Å². The molecule has 0 spiro atoms. The summed E-state index contributed by atoms with van der Waals surface area (Å²) in [6.07, 6.45) is 1.01. The fourth-order valence-electron chi connectivity index (χ4n) is 2.26.